The minimum Gasteiger partial charge on any atom is -0.389 e. The minimum absolute atomic E-state index is 0. The number of hydrogen-bond acceptors (Lipinski definition) is 2. The van der Waals surface area contributed by atoms with Crippen molar-refractivity contribution in [2.45, 2.75) is 25.4 Å². The number of rotatable bonds is 0. The quantitative estimate of drug-likeness (QED) is 0.530. The Labute approximate surface area is 62.1 Å². The van der Waals surface area contributed by atoms with Gasteiger partial charge in [-0.25, -0.2) is 0 Å². The van der Waals surface area contributed by atoms with Gasteiger partial charge in [-0.05, 0) is 26.3 Å². The zero-order valence-electron chi connectivity index (χ0n) is 5.68. The first kappa shape index (κ1) is 9.21. The summed E-state index contributed by atoms with van der Waals surface area (Å²) in [5.74, 6) is 0. The summed E-state index contributed by atoms with van der Waals surface area (Å²) in [5, 5.41) is 12.4. The molecule has 2 N–H and O–H groups in total. The van der Waals surface area contributed by atoms with Gasteiger partial charge in [-0.1, -0.05) is 0 Å². The molecule has 0 aromatic rings. The molecular formula is C6H14ClNO. The number of piperidine rings is 1. The van der Waals surface area contributed by atoms with Crippen LogP contribution >= 0.6 is 12.4 Å². The van der Waals surface area contributed by atoms with Crippen molar-refractivity contribution in [2.24, 2.45) is 0 Å². The first-order valence-electron chi connectivity index (χ1n) is 3.14. The Balaban J connectivity index is 0.000000640. The first-order valence-corrected chi connectivity index (χ1v) is 3.14. The van der Waals surface area contributed by atoms with Gasteiger partial charge in [0.1, 0.15) is 0 Å². The maximum Gasteiger partial charge on any atom is 0.0744 e. The highest BCUT2D eigenvalue weighted by molar-refractivity contribution is 5.85. The number of nitrogens with one attached hydrogen (secondary N) is 1. The average molecular weight is 152 g/mol. The zero-order chi connectivity index (χ0) is 6.04. The highest BCUT2D eigenvalue weighted by Crippen LogP contribution is 2.13. The second-order valence-corrected chi connectivity index (χ2v) is 2.78. The lowest BCUT2D eigenvalue weighted by Crippen LogP contribution is -2.42. The van der Waals surface area contributed by atoms with E-state index in [2.05, 4.69) is 5.32 Å². The van der Waals surface area contributed by atoms with E-state index in [1.807, 2.05) is 6.92 Å². The predicted molar refractivity (Wildman–Crippen MR) is 40.0 cm³/mol. The Morgan fingerprint density at radius 1 is 1.56 bits per heavy atom. The van der Waals surface area contributed by atoms with Gasteiger partial charge < -0.3 is 10.4 Å². The third kappa shape index (κ3) is 3.04. The van der Waals surface area contributed by atoms with Crippen molar-refractivity contribution < 1.29 is 5.11 Å². The second kappa shape index (κ2) is 3.40. The molecule has 1 fully saturated rings. The molecule has 0 bridgehead atoms. The topological polar surface area (TPSA) is 32.3 Å². The van der Waals surface area contributed by atoms with Gasteiger partial charge >= 0.3 is 0 Å². The number of hydrogen-bond donors (Lipinski definition) is 2. The van der Waals surface area contributed by atoms with E-state index in [0.29, 0.717) is 0 Å². The van der Waals surface area contributed by atoms with Gasteiger partial charge in [0.15, 0.2) is 0 Å². The van der Waals surface area contributed by atoms with Crippen LogP contribution in [0.15, 0.2) is 0 Å². The molecule has 1 unspecified atom stereocenters. The fourth-order valence-corrected chi connectivity index (χ4v) is 1.04. The van der Waals surface area contributed by atoms with Crippen molar-refractivity contribution in [1.82, 2.24) is 5.32 Å². The lowest BCUT2D eigenvalue weighted by molar-refractivity contribution is 0.0351. The molecule has 56 valence electrons. The molecule has 1 aliphatic heterocycles. The molecule has 0 aliphatic carbocycles. The highest BCUT2D eigenvalue weighted by Gasteiger charge is 2.21. The lowest BCUT2D eigenvalue weighted by atomic mass is 9.97. The normalized spacial score (nSPS) is 35.3. The second-order valence-electron chi connectivity index (χ2n) is 2.78. The third-order valence-corrected chi connectivity index (χ3v) is 1.57. The van der Waals surface area contributed by atoms with Crippen molar-refractivity contribution in [1.29, 1.82) is 0 Å². The molecule has 1 rings (SSSR count). The molecule has 0 aromatic carbocycles. The summed E-state index contributed by atoms with van der Waals surface area (Å²) in [5.41, 5.74) is -0.432. The molecule has 2 nitrogen and oxygen atoms in total. The molecule has 0 saturated carbocycles. The summed E-state index contributed by atoms with van der Waals surface area (Å²) in [6.07, 6.45) is 2.05. The summed E-state index contributed by atoms with van der Waals surface area (Å²) in [4.78, 5) is 0. The molecule has 3 heteroatoms. The van der Waals surface area contributed by atoms with E-state index in [-0.39, 0.29) is 12.4 Å². The molecule has 1 atom stereocenters. The smallest absolute Gasteiger partial charge is 0.0744 e. The van der Waals surface area contributed by atoms with Crippen LogP contribution in [0.3, 0.4) is 0 Å². The SMILES string of the molecule is CC1(O)CCCNC1.Cl. The number of halogens is 1. The Kier molecular flexibility index (Phi) is 3.48. The third-order valence-electron chi connectivity index (χ3n) is 1.57. The standard InChI is InChI=1S/C6H13NO.ClH/c1-6(8)3-2-4-7-5-6;/h7-8H,2-5H2,1H3;1H. The predicted octanol–water partition coefficient (Wildman–Crippen LogP) is 0.543. The van der Waals surface area contributed by atoms with Gasteiger partial charge in [0.05, 0.1) is 5.60 Å². The van der Waals surface area contributed by atoms with Crippen LogP contribution in [0.1, 0.15) is 19.8 Å². The van der Waals surface area contributed by atoms with E-state index in [1.54, 1.807) is 0 Å². The monoisotopic (exact) mass is 151 g/mol. The Bertz CT molecular complexity index is 77.1. The van der Waals surface area contributed by atoms with Crippen molar-refractivity contribution in [3.63, 3.8) is 0 Å². The maximum atomic E-state index is 9.31. The van der Waals surface area contributed by atoms with Crippen molar-refractivity contribution in [3.05, 3.63) is 0 Å². The van der Waals surface area contributed by atoms with Crippen LogP contribution in [0.25, 0.3) is 0 Å². The van der Waals surface area contributed by atoms with Crippen LogP contribution < -0.4 is 5.32 Å². The average Bonchev–Trinajstić information content (AvgIpc) is 1.65. The fraction of sp³-hybridized carbons (Fsp3) is 1.00. The van der Waals surface area contributed by atoms with E-state index in [0.717, 1.165) is 25.9 Å². The van der Waals surface area contributed by atoms with Crippen LogP contribution in [-0.2, 0) is 0 Å². The van der Waals surface area contributed by atoms with Crippen LogP contribution in [0.5, 0.6) is 0 Å². The van der Waals surface area contributed by atoms with Crippen LogP contribution in [0.4, 0.5) is 0 Å². The van der Waals surface area contributed by atoms with Crippen molar-refractivity contribution in [2.75, 3.05) is 13.1 Å². The van der Waals surface area contributed by atoms with Crippen LogP contribution in [0.2, 0.25) is 0 Å². The fourth-order valence-electron chi connectivity index (χ4n) is 1.04. The summed E-state index contributed by atoms with van der Waals surface area (Å²) < 4.78 is 0. The maximum absolute atomic E-state index is 9.31. The van der Waals surface area contributed by atoms with Gasteiger partial charge in [0, 0.05) is 6.54 Å². The molecule has 0 aromatic heterocycles. The van der Waals surface area contributed by atoms with Crippen LogP contribution in [0, 0.1) is 0 Å². The van der Waals surface area contributed by atoms with Gasteiger partial charge in [-0.15, -0.1) is 12.4 Å². The molecule has 1 heterocycles. The first-order chi connectivity index (χ1) is 3.71. The van der Waals surface area contributed by atoms with Gasteiger partial charge in [-0.2, -0.15) is 0 Å². The summed E-state index contributed by atoms with van der Waals surface area (Å²) in [6.45, 7) is 3.70. The number of aliphatic hydroxyl groups is 1. The van der Waals surface area contributed by atoms with Gasteiger partial charge in [0.2, 0.25) is 0 Å². The van der Waals surface area contributed by atoms with E-state index < -0.39 is 5.60 Å². The molecule has 0 radical (unpaired) electrons. The highest BCUT2D eigenvalue weighted by atomic mass is 35.5. The van der Waals surface area contributed by atoms with Crippen molar-refractivity contribution >= 4 is 12.4 Å². The molecule has 0 spiro atoms. The summed E-state index contributed by atoms with van der Waals surface area (Å²) >= 11 is 0. The van der Waals surface area contributed by atoms with E-state index >= 15 is 0 Å². The molecule has 1 aliphatic rings. The van der Waals surface area contributed by atoms with E-state index in [9.17, 15) is 5.11 Å². The lowest BCUT2D eigenvalue weighted by Gasteiger charge is -2.28. The zero-order valence-corrected chi connectivity index (χ0v) is 6.50. The largest absolute Gasteiger partial charge is 0.389 e. The molecule has 1 saturated heterocycles. The Morgan fingerprint density at radius 2 is 2.22 bits per heavy atom. The van der Waals surface area contributed by atoms with E-state index in [1.165, 1.54) is 0 Å². The van der Waals surface area contributed by atoms with Gasteiger partial charge in [-0.3, -0.25) is 0 Å². The van der Waals surface area contributed by atoms with Gasteiger partial charge in [0.25, 0.3) is 0 Å². The Morgan fingerprint density at radius 3 is 2.44 bits per heavy atom. The summed E-state index contributed by atoms with van der Waals surface area (Å²) in [6, 6.07) is 0. The number of β-amino-alcohol motifs (C(OH)–C–C–N with tert-alkyl or cyclic N) is 1. The van der Waals surface area contributed by atoms with Crippen molar-refractivity contribution in [3.8, 4) is 0 Å². The minimum atomic E-state index is -0.432. The Hall–Kier alpha value is 0.210. The molecular weight excluding hydrogens is 138 g/mol. The molecule has 9 heavy (non-hydrogen) atoms. The van der Waals surface area contributed by atoms with E-state index in [4.69, 9.17) is 0 Å². The summed E-state index contributed by atoms with van der Waals surface area (Å²) in [7, 11) is 0. The van der Waals surface area contributed by atoms with Crippen LogP contribution in [-0.4, -0.2) is 23.8 Å². The molecule has 0 amide bonds.